The van der Waals surface area contributed by atoms with Gasteiger partial charge in [0.1, 0.15) is 17.4 Å². The standard InChI is InChI=1S/C25H22N4O/c1-28(2)18-27-25-22(16-26)23(19-10-5-3-6-11-19)24(20-12-7-4-8-13-20)29(25)17-21-14-9-15-30-21/h3-15,18H,17H2,1-2H3. The van der Waals surface area contributed by atoms with Gasteiger partial charge >= 0.3 is 0 Å². The highest BCUT2D eigenvalue weighted by atomic mass is 16.3. The predicted molar refractivity (Wildman–Crippen MR) is 120 cm³/mol. The van der Waals surface area contributed by atoms with Crippen molar-refractivity contribution in [1.29, 1.82) is 5.26 Å². The lowest BCUT2D eigenvalue weighted by atomic mass is 9.98. The van der Waals surface area contributed by atoms with Crippen LogP contribution in [0.25, 0.3) is 22.4 Å². The fourth-order valence-electron chi connectivity index (χ4n) is 3.51. The Labute approximate surface area is 176 Å². The Morgan fingerprint density at radius 2 is 1.63 bits per heavy atom. The van der Waals surface area contributed by atoms with Crippen molar-refractivity contribution in [2.45, 2.75) is 6.54 Å². The summed E-state index contributed by atoms with van der Waals surface area (Å²) in [6.45, 7) is 0.471. The van der Waals surface area contributed by atoms with Crippen molar-refractivity contribution in [2.24, 2.45) is 4.99 Å². The molecule has 0 unspecified atom stereocenters. The number of aromatic nitrogens is 1. The third-order valence-electron chi connectivity index (χ3n) is 4.76. The molecule has 4 rings (SSSR count). The molecule has 0 spiro atoms. The zero-order valence-corrected chi connectivity index (χ0v) is 17.0. The molecule has 148 valence electrons. The zero-order chi connectivity index (χ0) is 20.9. The van der Waals surface area contributed by atoms with Gasteiger partial charge in [-0.25, -0.2) is 4.99 Å². The second-order valence-electron chi connectivity index (χ2n) is 7.14. The maximum Gasteiger partial charge on any atom is 0.153 e. The van der Waals surface area contributed by atoms with Gasteiger partial charge in [0.25, 0.3) is 0 Å². The summed E-state index contributed by atoms with van der Waals surface area (Å²) in [5, 5.41) is 10.2. The molecular formula is C25H22N4O. The fraction of sp³-hybridized carbons (Fsp3) is 0.120. The topological polar surface area (TPSA) is 57.5 Å². The molecular weight excluding hydrogens is 372 g/mol. The summed E-state index contributed by atoms with van der Waals surface area (Å²) in [5.41, 5.74) is 4.37. The molecule has 0 N–H and O–H groups in total. The molecule has 2 heterocycles. The van der Waals surface area contributed by atoms with Gasteiger partial charge in [0, 0.05) is 19.7 Å². The molecule has 0 saturated carbocycles. The predicted octanol–water partition coefficient (Wildman–Crippen LogP) is 5.56. The van der Waals surface area contributed by atoms with Gasteiger partial charge in [-0.15, -0.1) is 0 Å². The zero-order valence-electron chi connectivity index (χ0n) is 17.0. The smallest absolute Gasteiger partial charge is 0.153 e. The number of rotatable bonds is 6. The molecule has 0 radical (unpaired) electrons. The highest BCUT2D eigenvalue weighted by molar-refractivity contribution is 5.91. The average Bonchev–Trinajstić information content (AvgIpc) is 3.39. The first-order chi connectivity index (χ1) is 14.7. The minimum absolute atomic E-state index is 0.471. The van der Waals surface area contributed by atoms with Crippen molar-refractivity contribution in [1.82, 2.24) is 9.47 Å². The second-order valence-corrected chi connectivity index (χ2v) is 7.14. The van der Waals surface area contributed by atoms with Crippen LogP contribution in [-0.4, -0.2) is 29.9 Å². The molecule has 0 atom stereocenters. The minimum atomic E-state index is 0.471. The van der Waals surface area contributed by atoms with Crippen molar-refractivity contribution >= 4 is 12.2 Å². The van der Waals surface area contributed by atoms with Gasteiger partial charge in [-0.1, -0.05) is 60.7 Å². The molecule has 5 nitrogen and oxygen atoms in total. The Balaban J connectivity index is 2.07. The minimum Gasteiger partial charge on any atom is -0.467 e. The van der Waals surface area contributed by atoms with E-state index in [1.54, 1.807) is 12.6 Å². The maximum absolute atomic E-state index is 10.2. The summed E-state index contributed by atoms with van der Waals surface area (Å²) in [6.07, 6.45) is 3.38. The molecule has 0 bridgehead atoms. The Hall–Kier alpha value is -4.04. The first-order valence-electron chi connectivity index (χ1n) is 9.69. The molecule has 0 saturated heterocycles. The Bertz CT molecular complexity index is 1180. The quantitative estimate of drug-likeness (QED) is 0.318. The van der Waals surface area contributed by atoms with Crippen molar-refractivity contribution in [2.75, 3.05) is 14.1 Å². The van der Waals surface area contributed by atoms with Gasteiger partial charge in [0.15, 0.2) is 5.82 Å². The first kappa shape index (κ1) is 19.3. The van der Waals surface area contributed by atoms with E-state index in [0.29, 0.717) is 17.9 Å². The van der Waals surface area contributed by atoms with Crippen LogP contribution in [0, 0.1) is 11.3 Å². The molecule has 0 amide bonds. The van der Waals surface area contributed by atoms with E-state index in [0.717, 1.165) is 28.1 Å². The monoisotopic (exact) mass is 394 g/mol. The number of nitrogens with zero attached hydrogens (tertiary/aromatic N) is 4. The van der Waals surface area contributed by atoms with Crippen LogP contribution in [0.2, 0.25) is 0 Å². The largest absolute Gasteiger partial charge is 0.467 e. The SMILES string of the molecule is CN(C)C=Nc1c(C#N)c(-c2ccccc2)c(-c2ccccc2)n1Cc1ccco1. The lowest BCUT2D eigenvalue weighted by Crippen LogP contribution is -2.08. The van der Waals surface area contributed by atoms with Crippen molar-refractivity contribution < 1.29 is 4.42 Å². The summed E-state index contributed by atoms with van der Waals surface area (Å²) >= 11 is 0. The van der Waals surface area contributed by atoms with Crippen molar-refractivity contribution in [3.8, 4) is 28.5 Å². The average molecular weight is 394 g/mol. The number of hydrogen-bond donors (Lipinski definition) is 0. The molecule has 30 heavy (non-hydrogen) atoms. The van der Waals surface area contributed by atoms with E-state index in [-0.39, 0.29) is 0 Å². The van der Waals surface area contributed by atoms with Gasteiger partial charge in [-0.3, -0.25) is 0 Å². The van der Waals surface area contributed by atoms with Gasteiger partial charge in [-0.05, 0) is 23.3 Å². The normalized spacial score (nSPS) is 11.0. The Morgan fingerprint density at radius 1 is 0.967 bits per heavy atom. The lowest BCUT2D eigenvalue weighted by molar-refractivity contribution is 0.495. The van der Waals surface area contributed by atoms with Gasteiger partial charge in [0.05, 0.1) is 24.8 Å². The molecule has 0 aliphatic rings. The van der Waals surface area contributed by atoms with E-state index in [1.807, 2.05) is 79.7 Å². The lowest BCUT2D eigenvalue weighted by Gasteiger charge is -2.12. The van der Waals surface area contributed by atoms with Crippen LogP contribution in [-0.2, 0) is 6.54 Å². The number of nitriles is 1. The summed E-state index contributed by atoms with van der Waals surface area (Å²) in [6, 6.07) is 26.3. The van der Waals surface area contributed by atoms with Crippen LogP contribution in [0.15, 0.2) is 88.5 Å². The van der Waals surface area contributed by atoms with E-state index < -0.39 is 0 Å². The van der Waals surface area contributed by atoms with E-state index in [9.17, 15) is 5.26 Å². The van der Waals surface area contributed by atoms with E-state index in [2.05, 4.69) is 27.8 Å². The van der Waals surface area contributed by atoms with Crippen LogP contribution >= 0.6 is 0 Å². The maximum atomic E-state index is 10.2. The number of aliphatic imine (C=N–C) groups is 1. The first-order valence-corrected chi connectivity index (χ1v) is 9.69. The summed E-state index contributed by atoms with van der Waals surface area (Å²) < 4.78 is 7.70. The Kier molecular flexibility index (Phi) is 5.49. The van der Waals surface area contributed by atoms with Crippen LogP contribution in [0.4, 0.5) is 5.82 Å². The van der Waals surface area contributed by atoms with E-state index in [1.165, 1.54) is 0 Å². The van der Waals surface area contributed by atoms with Crippen LogP contribution in [0.5, 0.6) is 0 Å². The van der Waals surface area contributed by atoms with Crippen LogP contribution in [0.3, 0.4) is 0 Å². The molecule has 0 fully saturated rings. The molecule has 4 aromatic rings. The molecule has 2 aromatic carbocycles. The molecule has 0 aliphatic carbocycles. The van der Waals surface area contributed by atoms with Crippen molar-refractivity contribution in [3.63, 3.8) is 0 Å². The number of benzene rings is 2. The van der Waals surface area contributed by atoms with Crippen molar-refractivity contribution in [3.05, 3.63) is 90.4 Å². The third-order valence-corrected chi connectivity index (χ3v) is 4.76. The van der Waals surface area contributed by atoms with Gasteiger partial charge in [0.2, 0.25) is 0 Å². The summed E-state index contributed by atoms with van der Waals surface area (Å²) in [7, 11) is 3.82. The third kappa shape index (κ3) is 3.76. The molecule has 5 heteroatoms. The highest BCUT2D eigenvalue weighted by Crippen LogP contribution is 2.43. The van der Waals surface area contributed by atoms with E-state index >= 15 is 0 Å². The summed E-state index contributed by atoms with van der Waals surface area (Å²) in [4.78, 5) is 6.55. The van der Waals surface area contributed by atoms with Crippen LogP contribution < -0.4 is 0 Å². The second kappa shape index (κ2) is 8.54. The Morgan fingerprint density at radius 3 is 2.20 bits per heavy atom. The van der Waals surface area contributed by atoms with E-state index in [4.69, 9.17) is 4.42 Å². The number of hydrogen-bond acceptors (Lipinski definition) is 3. The number of furan rings is 1. The fourth-order valence-corrected chi connectivity index (χ4v) is 3.51. The van der Waals surface area contributed by atoms with Gasteiger partial charge in [-0.2, -0.15) is 5.26 Å². The molecule has 2 aromatic heterocycles. The summed E-state index contributed by atoms with van der Waals surface area (Å²) in [5.74, 6) is 1.41. The van der Waals surface area contributed by atoms with Crippen LogP contribution in [0.1, 0.15) is 11.3 Å². The van der Waals surface area contributed by atoms with Gasteiger partial charge < -0.3 is 13.9 Å². The molecule has 0 aliphatic heterocycles. The highest BCUT2D eigenvalue weighted by Gasteiger charge is 2.25.